The van der Waals surface area contributed by atoms with E-state index in [-0.39, 0.29) is 29.4 Å². The van der Waals surface area contributed by atoms with Crippen molar-refractivity contribution in [3.05, 3.63) is 52.5 Å². The summed E-state index contributed by atoms with van der Waals surface area (Å²) in [6, 6.07) is 5.37. The summed E-state index contributed by atoms with van der Waals surface area (Å²) >= 11 is 0. The quantitative estimate of drug-likeness (QED) is 0.325. The van der Waals surface area contributed by atoms with E-state index in [1.54, 1.807) is 4.90 Å². The van der Waals surface area contributed by atoms with Gasteiger partial charge in [-0.05, 0) is 18.1 Å². The molecule has 1 aromatic heterocycles. The molecule has 2 amide bonds. The number of methoxy groups -OCH3 is 1. The molecule has 0 radical (unpaired) electrons. The van der Waals surface area contributed by atoms with Crippen LogP contribution in [0.5, 0.6) is 0 Å². The normalized spacial score (nSPS) is 15.3. The molecule has 2 aromatic rings. The summed E-state index contributed by atoms with van der Waals surface area (Å²) in [4.78, 5) is 55.8. The van der Waals surface area contributed by atoms with E-state index in [9.17, 15) is 32.9 Å². The van der Waals surface area contributed by atoms with E-state index in [4.69, 9.17) is 9.90 Å². The van der Waals surface area contributed by atoms with Gasteiger partial charge in [0.2, 0.25) is 0 Å². The number of benzene rings is 1. The van der Waals surface area contributed by atoms with Crippen LogP contribution in [-0.2, 0) is 9.53 Å². The molecule has 13 nitrogen and oxygen atoms in total. The molecule has 3 rings (SSSR count). The number of esters is 1. The number of halogens is 3. The summed E-state index contributed by atoms with van der Waals surface area (Å²) < 4.78 is 36.4. The fourth-order valence-electron chi connectivity index (χ4n) is 3.40. The molecule has 1 aliphatic heterocycles. The first-order chi connectivity index (χ1) is 17.7. The van der Waals surface area contributed by atoms with Gasteiger partial charge in [-0.25, -0.2) is 24.4 Å². The van der Waals surface area contributed by atoms with Crippen molar-refractivity contribution in [1.29, 1.82) is 0 Å². The molecule has 0 saturated carbocycles. The summed E-state index contributed by atoms with van der Waals surface area (Å²) in [6.45, 7) is 5.63. The summed E-state index contributed by atoms with van der Waals surface area (Å²) in [6.07, 6.45) is -2.19. The number of carbonyl (C=O) groups is 3. The Balaban J connectivity index is 0.000000638. The number of ether oxygens (including phenoxy) is 1. The Kier molecular flexibility index (Phi) is 9.89. The van der Waals surface area contributed by atoms with Crippen LogP contribution in [0.2, 0.25) is 0 Å². The van der Waals surface area contributed by atoms with Gasteiger partial charge in [0.25, 0.3) is 5.69 Å². The van der Waals surface area contributed by atoms with Crippen molar-refractivity contribution in [2.75, 3.05) is 37.0 Å². The first-order valence-corrected chi connectivity index (χ1v) is 11.0. The first kappa shape index (κ1) is 29.7. The number of nitro groups is 1. The Hall–Kier alpha value is -4.50. The number of nitro benzene ring substituents is 1. The highest BCUT2D eigenvalue weighted by molar-refractivity contribution is 5.90. The maximum Gasteiger partial charge on any atom is 0.490 e. The smallest absolute Gasteiger partial charge is 0.475 e. The van der Waals surface area contributed by atoms with E-state index in [2.05, 4.69) is 20.0 Å². The van der Waals surface area contributed by atoms with Gasteiger partial charge in [-0.3, -0.25) is 10.1 Å². The van der Waals surface area contributed by atoms with Crippen LogP contribution in [0.4, 0.5) is 35.2 Å². The number of carboxylic acids is 1. The third kappa shape index (κ3) is 8.01. The lowest BCUT2D eigenvalue weighted by Gasteiger charge is -2.43. The van der Waals surface area contributed by atoms with E-state index in [0.29, 0.717) is 31.1 Å². The zero-order valence-corrected chi connectivity index (χ0v) is 20.5. The predicted molar refractivity (Wildman–Crippen MR) is 127 cm³/mol. The zero-order chi connectivity index (χ0) is 28.6. The highest BCUT2D eigenvalue weighted by Crippen LogP contribution is 2.23. The summed E-state index contributed by atoms with van der Waals surface area (Å²) in [7, 11) is 1.28. The lowest BCUT2D eigenvalue weighted by atomic mass is 10.00. The van der Waals surface area contributed by atoms with Crippen molar-refractivity contribution in [3.63, 3.8) is 0 Å². The lowest BCUT2D eigenvalue weighted by molar-refractivity contribution is -0.384. The van der Waals surface area contributed by atoms with Crippen LogP contribution in [0.15, 0.2) is 36.7 Å². The highest BCUT2D eigenvalue weighted by Gasteiger charge is 2.38. The molecule has 0 bridgehead atoms. The van der Waals surface area contributed by atoms with Crippen LogP contribution in [-0.4, -0.2) is 81.8 Å². The van der Waals surface area contributed by atoms with Crippen molar-refractivity contribution in [3.8, 4) is 0 Å². The minimum absolute atomic E-state index is 0.0361. The largest absolute Gasteiger partial charge is 0.490 e. The van der Waals surface area contributed by atoms with Crippen molar-refractivity contribution >= 4 is 35.2 Å². The third-order valence-electron chi connectivity index (χ3n) is 5.38. The summed E-state index contributed by atoms with van der Waals surface area (Å²) in [5, 5.41) is 20.7. The SMILES string of the molecule is COC(=O)c1cnc(N2CCN(C(=O)Nc3ccc([N+](=O)[O-])cc3)C(C(C)C)C2)cn1.O=C(O)C(F)(F)F. The Morgan fingerprint density at radius 2 is 1.76 bits per heavy atom. The third-order valence-corrected chi connectivity index (χ3v) is 5.38. The number of nitrogens with zero attached hydrogens (tertiary/aromatic N) is 5. The number of aliphatic carboxylic acids is 1. The number of hydrogen-bond donors (Lipinski definition) is 2. The molecule has 16 heteroatoms. The molecule has 1 saturated heterocycles. The molecule has 0 spiro atoms. The molecule has 1 atom stereocenters. The van der Waals surface area contributed by atoms with Crippen LogP contribution in [0.25, 0.3) is 0 Å². The standard InChI is InChI=1S/C20H24N6O5.C2HF3O2/c1-13(2)17-12-24(18-11-21-16(10-22-18)19(27)31-3)8-9-25(17)20(28)23-14-4-6-15(7-5-14)26(29)30;3-2(4,5)1(6)7/h4-7,10-11,13,17H,8-9,12H2,1-3H3,(H,23,28);(H,6,7). The second-order valence-electron chi connectivity index (χ2n) is 8.24. The molecule has 2 N–H and O–H groups in total. The van der Waals surface area contributed by atoms with E-state index in [1.165, 1.54) is 43.8 Å². The monoisotopic (exact) mass is 542 g/mol. The van der Waals surface area contributed by atoms with E-state index in [1.807, 2.05) is 18.7 Å². The van der Waals surface area contributed by atoms with E-state index >= 15 is 0 Å². The molecule has 1 aliphatic rings. The van der Waals surface area contributed by atoms with Crippen LogP contribution in [0.1, 0.15) is 24.3 Å². The Morgan fingerprint density at radius 3 is 2.21 bits per heavy atom. The number of urea groups is 1. The zero-order valence-electron chi connectivity index (χ0n) is 20.5. The molecule has 0 aliphatic carbocycles. The van der Waals surface area contributed by atoms with Gasteiger partial charge in [0.1, 0.15) is 5.82 Å². The minimum atomic E-state index is -5.08. The van der Waals surface area contributed by atoms with Crippen molar-refractivity contribution in [1.82, 2.24) is 14.9 Å². The molecule has 2 heterocycles. The van der Waals surface area contributed by atoms with Gasteiger partial charge >= 0.3 is 24.1 Å². The van der Waals surface area contributed by atoms with Gasteiger partial charge in [0.15, 0.2) is 5.69 Å². The molecule has 1 unspecified atom stereocenters. The summed E-state index contributed by atoms with van der Waals surface area (Å²) in [5.41, 5.74) is 0.587. The van der Waals surface area contributed by atoms with Gasteiger partial charge in [-0.15, -0.1) is 0 Å². The first-order valence-electron chi connectivity index (χ1n) is 11.0. The molecule has 1 aromatic carbocycles. The second kappa shape index (κ2) is 12.6. The van der Waals surface area contributed by atoms with E-state index in [0.717, 1.165) is 0 Å². The molecule has 1 fully saturated rings. The highest BCUT2D eigenvalue weighted by atomic mass is 19.4. The Morgan fingerprint density at radius 1 is 1.16 bits per heavy atom. The molecule has 38 heavy (non-hydrogen) atoms. The fraction of sp³-hybridized carbons (Fsp3) is 0.409. The van der Waals surface area contributed by atoms with Crippen molar-refractivity contribution in [2.24, 2.45) is 5.92 Å². The van der Waals surface area contributed by atoms with Crippen molar-refractivity contribution in [2.45, 2.75) is 26.1 Å². The predicted octanol–water partition coefficient (Wildman–Crippen LogP) is 3.18. The fourth-order valence-corrected chi connectivity index (χ4v) is 3.40. The number of anilines is 2. The topological polar surface area (TPSA) is 168 Å². The van der Waals surface area contributed by atoms with Crippen molar-refractivity contribution < 1.29 is 42.3 Å². The Bertz CT molecular complexity index is 1140. The van der Waals surface area contributed by atoms with Crippen LogP contribution < -0.4 is 10.2 Å². The number of alkyl halides is 3. The number of piperazine rings is 1. The number of rotatable bonds is 5. The van der Waals surface area contributed by atoms with Gasteiger partial charge in [0.05, 0.1) is 30.5 Å². The average Bonchev–Trinajstić information content (AvgIpc) is 2.88. The number of carbonyl (C=O) groups excluding carboxylic acids is 2. The minimum Gasteiger partial charge on any atom is -0.475 e. The number of hydrogen-bond acceptors (Lipinski definition) is 9. The van der Waals surface area contributed by atoms with E-state index < -0.39 is 23.0 Å². The van der Waals surface area contributed by atoms with Crippen LogP contribution in [0.3, 0.4) is 0 Å². The molecular formula is C22H25F3N6O7. The lowest BCUT2D eigenvalue weighted by Crippen LogP contribution is -2.58. The number of aromatic nitrogens is 2. The molecular weight excluding hydrogens is 517 g/mol. The maximum atomic E-state index is 12.9. The van der Waals surface area contributed by atoms with Crippen LogP contribution >= 0.6 is 0 Å². The number of amides is 2. The average molecular weight is 542 g/mol. The van der Waals surface area contributed by atoms with Gasteiger partial charge in [-0.1, -0.05) is 13.8 Å². The number of carboxylic acid groups (broad SMARTS) is 1. The summed E-state index contributed by atoms with van der Waals surface area (Å²) in [5.74, 6) is -2.51. The second-order valence-corrected chi connectivity index (χ2v) is 8.24. The molecule has 206 valence electrons. The number of non-ortho nitro benzene ring substituents is 1. The van der Waals surface area contributed by atoms with Gasteiger partial charge in [-0.2, -0.15) is 13.2 Å². The maximum absolute atomic E-state index is 12.9. The van der Waals surface area contributed by atoms with Gasteiger partial charge < -0.3 is 25.0 Å². The Labute approximate surface area is 214 Å². The van der Waals surface area contributed by atoms with Gasteiger partial charge in [0, 0.05) is 37.5 Å². The van der Waals surface area contributed by atoms with Crippen LogP contribution in [0, 0.1) is 16.0 Å². The number of nitrogens with one attached hydrogen (secondary N) is 1.